The third kappa shape index (κ3) is 5.30. The number of benzene rings is 1. The fourth-order valence-corrected chi connectivity index (χ4v) is 6.27. The summed E-state index contributed by atoms with van der Waals surface area (Å²) in [5.41, 5.74) is 1.69. The van der Waals surface area contributed by atoms with Gasteiger partial charge in [0.2, 0.25) is 21.8 Å². The molecule has 2 aliphatic heterocycles. The van der Waals surface area contributed by atoms with E-state index in [1.54, 1.807) is 29.4 Å². The summed E-state index contributed by atoms with van der Waals surface area (Å²) in [4.78, 5) is 26.1. The van der Waals surface area contributed by atoms with Gasteiger partial charge in [-0.25, -0.2) is 8.42 Å². The predicted molar refractivity (Wildman–Crippen MR) is 124 cm³/mol. The Kier molecular flexibility index (Phi) is 6.90. The number of anilines is 1. The van der Waals surface area contributed by atoms with Gasteiger partial charge < -0.3 is 14.6 Å². The predicted octanol–water partition coefficient (Wildman–Crippen LogP) is 2.73. The van der Waals surface area contributed by atoms with Crippen LogP contribution in [0.3, 0.4) is 0 Å². The van der Waals surface area contributed by atoms with Crippen molar-refractivity contribution in [3.63, 3.8) is 0 Å². The molecule has 178 valence electrons. The zero-order chi connectivity index (χ0) is 23.6. The Labute approximate surface area is 195 Å². The highest BCUT2D eigenvalue weighted by Gasteiger charge is 2.32. The van der Waals surface area contributed by atoms with Crippen LogP contribution in [0.15, 0.2) is 45.9 Å². The Morgan fingerprint density at radius 2 is 1.94 bits per heavy atom. The quantitative estimate of drug-likeness (QED) is 0.667. The van der Waals surface area contributed by atoms with Gasteiger partial charge in [-0.1, -0.05) is 0 Å². The van der Waals surface area contributed by atoms with Crippen LogP contribution in [-0.4, -0.2) is 50.2 Å². The molecule has 1 N–H and O–H groups in total. The monoisotopic (exact) mass is 473 g/mol. The minimum Gasteiger partial charge on any atom is -0.469 e. The number of rotatable bonds is 7. The molecular weight excluding hydrogens is 442 g/mol. The van der Waals surface area contributed by atoms with Crippen LogP contribution in [0, 0.1) is 5.92 Å². The van der Waals surface area contributed by atoms with Gasteiger partial charge >= 0.3 is 0 Å². The molecule has 0 spiro atoms. The first kappa shape index (κ1) is 23.5. The van der Waals surface area contributed by atoms with Crippen LogP contribution in [0.2, 0.25) is 0 Å². The standard InChI is InChI=1S/C24H31N3O5S/c1-17(14-21-4-3-13-32-21)25-24(29)15-19-7-10-26(11-8-19)33(30,31)22-5-6-23-20(16-22)9-12-27(23)18(2)28/h3-6,13,16-17,19H,7-12,14-15H2,1-2H3,(H,25,29)/t17-/m1/s1. The molecular formula is C24H31N3O5S. The van der Waals surface area contributed by atoms with Crippen molar-refractivity contribution in [2.45, 2.75) is 56.9 Å². The zero-order valence-electron chi connectivity index (χ0n) is 19.1. The number of hydrogen-bond acceptors (Lipinski definition) is 5. The minimum atomic E-state index is -3.60. The van der Waals surface area contributed by atoms with E-state index in [1.807, 2.05) is 19.1 Å². The van der Waals surface area contributed by atoms with Crippen LogP contribution in [-0.2, 0) is 32.5 Å². The summed E-state index contributed by atoms with van der Waals surface area (Å²) >= 11 is 0. The molecule has 3 heterocycles. The molecule has 0 bridgehead atoms. The summed E-state index contributed by atoms with van der Waals surface area (Å²) in [7, 11) is -3.60. The van der Waals surface area contributed by atoms with E-state index in [0.29, 0.717) is 51.7 Å². The molecule has 0 unspecified atom stereocenters. The van der Waals surface area contributed by atoms with Crippen LogP contribution in [0.5, 0.6) is 0 Å². The average Bonchev–Trinajstić information content (AvgIpc) is 3.43. The van der Waals surface area contributed by atoms with Crippen molar-refractivity contribution in [2.24, 2.45) is 5.92 Å². The van der Waals surface area contributed by atoms with Crippen LogP contribution in [0.1, 0.15) is 44.4 Å². The van der Waals surface area contributed by atoms with Crippen molar-refractivity contribution in [1.29, 1.82) is 0 Å². The van der Waals surface area contributed by atoms with Crippen LogP contribution in [0.25, 0.3) is 0 Å². The molecule has 1 fully saturated rings. The SMILES string of the molecule is CC(=O)N1CCc2cc(S(=O)(=O)N3CCC(CC(=O)N[C@H](C)Cc4ccco4)CC3)ccc21. The largest absolute Gasteiger partial charge is 0.469 e. The number of furan rings is 1. The first-order valence-electron chi connectivity index (χ1n) is 11.5. The van der Waals surface area contributed by atoms with Crippen LogP contribution in [0.4, 0.5) is 5.69 Å². The maximum atomic E-state index is 13.2. The van der Waals surface area contributed by atoms with Crippen LogP contribution >= 0.6 is 0 Å². The van der Waals surface area contributed by atoms with Gasteiger partial charge in [-0.3, -0.25) is 9.59 Å². The molecule has 0 aliphatic carbocycles. The molecule has 8 nitrogen and oxygen atoms in total. The third-order valence-electron chi connectivity index (χ3n) is 6.51. The summed E-state index contributed by atoms with van der Waals surface area (Å²) in [5.74, 6) is 0.952. The fraction of sp³-hybridized carbons (Fsp3) is 0.500. The molecule has 0 radical (unpaired) electrons. The molecule has 0 saturated carbocycles. The van der Waals surface area contributed by atoms with E-state index in [4.69, 9.17) is 4.42 Å². The Balaban J connectivity index is 1.30. The number of sulfonamides is 1. The molecule has 9 heteroatoms. The van der Waals surface area contributed by atoms with Crippen molar-refractivity contribution in [3.8, 4) is 0 Å². The lowest BCUT2D eigenvalue weighted by molar-refractivity contribution is -0.123. The van der Waals surface area contributed by atoms with Crippen molar-refractivity contribution in [1.82, 2.24) is 9.62 Å². The number of carbonyl (C=O) groups excluding carboxylic acids is 2. The summed E-state index contributed by atoms with van der Waals surface area (Å²) < 4.78 is 33.2. The van der Waals surface area contributed by atoms with Crippen molar-refractivity contribution in [3.05, 3.63) is 47.9 Å². The topological polar surface area (TPSA) is 99.9 Å². The van der Waals surface area contributed by atoms with Gasteiger partial charge in [0.05, 0.1) is 11.2 Å². The molecule has 1 aromatic heterocycles. The lowest BCUT2D eigenvalue weighted by Gasteiger charge is -2.31. The van der Waals surface area contributed by atoms with Crippen LogP contribution < -0.4 is 10.2 Å². The number of hydrogen-bond donors (Lipinski definition) is 1. The maximum absolute atomic E-state index is 13.2. The molecule has 2 aromatic rings. The highest BCUT2D eigenvalue weighted by atomic mass is 32.2. The second-order valence-corrected chi connectivity index (χ2v) is 11.0. The van der Waals surface area contributed by atoms with Gasteiger partial charge in [0.25, 0.3) is 0 Å². The Hall–Kier alpha value is -2.65. The Morgan fingerprint density at radius 3 is 2.61 bits per heavy atom. The molecule has 1 saturated heterocycles. The number of fused-ring (bicyclic) bond motifs is 1. The third-order valence-corrected chi connectivity index (χ3v) is 8.40. The lowest BCUT2D eigenvalue weighted by atomic mass is 9.94. The molecule has 2 aliphatic rings. The summed E-state index contributed by atoms with van der Waals surface area (Å²) in [6.45, 7) is 4.85. The highest BCUT2D eigenvalue weighted by Crippen LogP contribution is 2.32. The maximum Gasteiger partial charge on any atom is 0.243 e. The molecule has 1 aromatic carbocycles. The van der Waals surface area contributed by atoms with Gasteiger partial charge in [-0.05, 0) is 68.0 Å². The van der Waals surface area contributed by atoms with Crippen molar-refractivity contribution < 1.29 is 22.4 Å². The van der Waals surface area contributed by atoms with Gasteiger partial charge in [-0.2, -0.15) is 4.31 Å². The van der Waals surface area contributed by atoms with E-state index in [0.717, 1.165) is 17.0 Å². The Bertz CT molecular complexity index is 1110. The summed E-state index contributed by atoms with van der Waals surface area (Å²) in [6, 6.07) is 8.72. The summed E-state index contributed by atoms with van der Waals surface area (Å²) in [5, 5.41) is 3.01. The fourth-order valence-electron chi connectivity index (χ4n) is 4.75. The van der Waals surface area contributed by atoms with Gasteiger partial charge in [0.15, 0.2) is 0 Å². The zero-order valence-corrected chi connectivity index (χ0v) is 19.9. The van der Waals surface area contributed by atoms with E-state index < -0.39 is 10.0 Å². The molecule has 33 heavy (non-hydrogen) atoms. The van der Waals surface area contributed by atoms with E-state index in [-0.39, 0.29) is 28.7 Å². The summed E-state index contributed by atoms with van der Waals surface area (Å²) in [6.07, 6.45) is 4.63. The molecule has 2 amide bonds. The second kappa shape index (κ2) is 9.69. The van der Waals surface area contributed by atoms with E-state index in [9.17, 15) is 18.0 Å². The van der Waals surface area contributed by atoms with Gasteiger partial charge in [-0.15, -0.1) is 0 Å². The molecule has 1 atom stereocenters. The van der Waals surface area contributed by atoms with E-state index in [1.165, 1.54) is 11.2 Å². The minimum absolute atomic E-state index is 0.0102. The first-order chi connectivity index (χ1) is 15.7. The lowest BCUT2D eigenvalue weighted by Crippen LogP contribution is -2.40. The number of nitrogens with one attached hydrogen (secondary N) is 1. The van der Waals surface area contributed by atoms with Gasteiger partial charge in [0, 0.05) is 51.1 Å². The Morgan fingerprint density at radius 1 is 1.18 bits per heavy atom. The smallest absolute Gasteiger partial charge is 0.243 e. The first-order valence-corrected chi connectivity index (χ1v) is 12.9. The van der Waals surface area contributed by atoms with E-state index in [2.05, 4.69) is 5.32 Å². The van der Waals surface area contributed by atoms with Gasteiger partial charge in [0.1, 0.15) is 5.76 Å². The highest BCUT2D eigenvalue weighted by molar-refractivity contribution is 7.89. The number of piperidine rings is 1. The second-order valence-electron chi connectivity index (χ2n) is 9.01. The van der Waals surface area contributed by atoms with Crippen molar-refractivity contribution in [2.75, 3.05) is 24.5 Å². The van der Waals surface area contributed by atoms with Crippen molar-refractivity contribution >= 4 is 27.5 Å². The van der Waals surface area contributed by atoms with E-state index >= 15 is 0 Å². The number of nitrogens with zero attached hydrogens (tertiary/aromatic N) is 2. The number of amides is 2. The molecule has 4 rings (SSSR count). The normalized spacial score (nSPS) is 18.2. The average molecular weight is 474 g/mol. The number of carbonyl (C=O) groups is 2.